The van der Waals surface area contributed by atoms with Crippen LogP contribution in [-0.2, 0) is 6.54 Å². The summed E-state index contributed by atoms with van der Waals surface area (Å²) in [6.45, 7) is 5.30. The van der Waals surface area contributed by atoms with Crippen LogP contribution < -0.4 is 4.74 Å². The van der Waals surface area contributed by atoms with Crippen molar-refractivity contribution < 1.29 is 18.3 Å². The van der Waals surface area contributed by atoms with Crippen LogP contribution in [0.2, 0.25) is 0 Å². The number of nitrogens with zero attached hydrogens (tertiary/aromatic N) is 7. The maximum atomic E-state index is 14.7. The number of amides is 2. The van der Waals surface area contributed by atoms with E-state index in [4.69, 9.17) is 10.00 Å². The van der Waals surface area contributed by atoms with Gasteiger partial charge in [0.2, 0.25) is 0 Å². The zero-order valence-corrected chi connectivity index (χ0v) is 21.6. The Kier molecular flexibility index (Phi) is 6.25. The predicted molar refractivity (Wildman–Crippen MR) is 138 cm³/mol. The molecule has 2 fully saturated rings. The van der Waals surface area contributed by atoms with Gasteiger partial charge in [0.15, 0.2) is 11.6 Å². The van der Waals surface area contributed by atoms with Crippen molar-refractivity contribution in [2.24, 2.45) is 11.0 Å². The van der Waals surface area contributed by atoms with Gasteiger partial charge in [-0.15, -0.1) is 0 Å². The molecule has 2 aromatic heterocycles. The highest BCUT2D eigenvalue weighted by atomic mass is 19.1. The van der Waals surface area contributed by atoms with Crippen molar-refractivity contribution in [2.75, 3.05) is 13.1 Å². The summed E-state index contributed by atoms with van der Waals surface area (Å²) in [6.07, 6.45) is 5.20. The van der Waals surface area contributed by atoms with E-state index in [0.717, 1.165) is 35.8 Å². The van der Waals surface area contributed by atoms with Crippen molar-refractivity contribution in [3.8, 4) is 23.1 Å². The van der Waals surface area contributed by atoms with Gasteiger partial charge in [-0.25, -0.2) is 18.6 Å². The number of hydrogen-bond donors (Lipinski definition) is 0. The summed E-state index contributed by atoms with van der Waals surface area (Å²) < 4.78 is 36.6. The van der Waals surface area contributed by atoms with Gasteiger partial charge in [0.05, 0.1) is 48.3 Å². The Bertz CT molecular complexity index is 1520. The molecule has 1 atom stereocenters. The molecule has 2 aliphatic heterocycles. The average Bonchev–Trinajstić information content (AvgIpc) is 3.48. The lowest BCUT2D eigenvalue weighted by Gasteiger charge is -2.41. The number of hydrogen-bond acceptors (Lipinski definition) is 6. The normalized spacial score (nSPS) is 18.8. The standard InChI is InChI=1S/C28H27F2N7O2/c1-16-27(17(2)36(34-16)13-18-3-4-18)24-10-26(23(30)12-32-24)39-22-14-35(15-22)28(38)37-25(5-6-33-37)20-7-19(11-31)8-21(29)9-20/h6-10,12,18,22,25H,3-5,13-15H2,1-2H3. The molecule has 4 heterocycles. The molecule has 200 valence electrons. The third-order valence-electron chi connectivity index (χ3n) is 7.46. The summed E-state index contributed by atoms with van der Waals surface area (Å²) in [6, 6.07) is 6.68. The number of benzene rings is 1. The second-order valence-corrected chi connectivity index (χ2v) is 10.4. The van der Waals surface area contributed by atoms with Gasteiger partial charge in [-0.3, -0.25) is 9.67 Å². The lowest BCUT2D eigenvalue weighted by molar-refractivity contribution is 0.0257. The van der Waals surface area contributed by atoms with Crippen LogP contribution in [0.1, 0.15) is 47.8 Å². The molecule has 39 heavy (non-hydrogen) atoms. The number of carbonyl (C=O) groups is 1. The van der Waals surface area contributed by atoms with Gasteiger partial charge in [-0.1, -0.05) is 0 Å². The molecular weight excluding hydrogens is 504 g/mol. The molecule has 11 heteroatoms. The van der Waals surface area contributed by atoms with Crippen molar-refractivity contribution in [3.63, 3.8) is 0 Å². The van der Waals surface area contributed by atoms with E-state index >= 15 is 0 Å². The lowest BCUT2D eigenvalue weighted by atomic mass is 10.0. The van der Waals surface area contributed by atoms with Crippen LogP contribution in [0.3, 0.4) is 0 Å². The summed E-state index contributed by atoms with van der Waals surface area (Å²) in [7, 11) is 0. The topological polar surface area (TPSA) is 99.6 Å². The lowest BCUT2D eigenvalue weighted by Crippen LogP contribution is -2.58. The maximum Gasteiger partial charge on any atom is 0.341 e. The second kappa shape index (κ2) is 9.76. The van der Waals surface area contributed by atoms with Crippen molar-refractivity contribution in [3.05, 3.63) is 64.6 Å². The summed E-state index contributed by atoms with van der Waals surface area (Å²) in [5, 5.41) is 19.3. The molecule has 6 rings (SSSR count). The fraction of sp³-hybridized carbons (Fsp3) is 0.393. The molecule has 1 aliphatic carbocycles. The van der Waals surface area contributed by atoms with Gasteiger partial charge in [0, 0.05) is 36.5 Å². The maximum absolute atomic E-state index is 14.7. The van der Waals surface area contributed by atoms with E-state index in [1.807, 2.05) is 24.6 Å². The van der Waals surface area contributed by atoms with E-state index in [1.54, 1.807) is 23.2 Å². The fourth-order valence-electron chi connectivity index (χ4n) is 5.18. The molecule has 1 unspecified atom stereocenters. The van der Waals surface area contributed by atoms with Gasteiger partial charge in [0.25, 0.3) is 0 Å². The van der Waals surface area contributed by atoms with E-state index in [2.05, 4.69) is 15.2 Å². The molecular formula is C28H27F2N7O2. The summed E-state index contributed by atoms with van der Waals surface area (Å²) in [5.41, 5.74) is 3.98. The number of halogens is 2. The molecule has 0 radical (unpaired) electrons. The zero-order valence-electron chi connectivity index (χ0n) is 21.6. The van der Waals surface area contributed by atoms with Crippen molar-refractivity contribution in [1.29, 1.82) is 5.26 Å². The highest BCUT2D eigenvalue weighted by Crippen LogP contribution is 2.35. The van der Waals surface area contributed by atoms with Crippen LogP contribution >= 0.6 is 0 Å². The number of aromatic nitrogens is 3. The second-order valence-electron chi connectivity index (χ2n) is 10.4. The SMILES string of the molecule is Cc1nn(CC2CC2)c(C)c1-c1cc(OC2CN(C(=O)N3N=CCC3c3cc(F)cc(C#N)c3)C2)c(F)cn1. The Morgan fingerprint density at radius 2 is 1.97 bits per heavy atom. The molecule has 1 saturated carbocycles. The fourth-order valence-corrected chi connectivity index (χ4v) is 5.18. The van der Waals surface area contributed by atoms with E-state index < -0.39 is 23.8 Å². The quantitative estimate of drug-likeness (QED) is 0.458. The zero-order chi connectivity index (χ0) is 27.3. The van der Waals surface area contributed by atoms with E-state index in [0.29, 0.717) is 23.6 Å². The van der Waals surface area contributed by atoms with Gasteiger partial charge in [-0.05, 0) is 56.4 Å². The number of aryl methyl sites for hydroxylation is 1. The number of urea groups is 1. The third-order valence-corrected chi connectivity index (χ3v) is 7.46. The number of carbonyl (C=O) groups excluding carboxylic acids is 1. The number of ether oxygens (including phenoxy) is 1. The molecule has 0 N–H and O–H groups in total. The molecule has 2 amide bonds. The van der Waals surface area contributed by atoms with Crippen molar-refractivity contribution >= 4 is 12.2 Å². The van der Waals surface area contributed by atoms with E-state index in [1.165, 1.54) is 23.9 Å². The minimum absolute atomic E-state index is 0.0757. The highest BCUT2D eigenvalue weighted by molar-refractivity contribution is 5.79. The number of nitriles is 1. The number of rotatable bonds is 6. The van der Waals surface area contributed by atoms with Crippen molar-refractivity contribution in [2.45, 2.75) is 51.8 Å². The third kappa shape index (κ3) is 4.82. The number of pyridine rings is 1. The van der Waals surface area contributed by atoms with Crippen LogP contribution in [0, 0.1) is 42.7 Å². The molecule has 1 aromatic carbocycles. The molecule has 3 aromatic rings. The first kappa shape index (κ1) is 25.0. The van der Waals surface area contributed by atoms with Crippen LogP contribution in [0.5, 0.6) is 5.75 Å². The molecule has 0 spiro atoms. The predicted octanol–water partition coefficient (Wildman–Crippen LogP) is 4.74. The Balaban J connectivity index is 1.12. The molecule has 3 aliphatic rings. The Morgan fingerprint density at radius 1 is 1.18 bits per heavy atom. The molecule has 0 bridgehead atoms. The summed E-state index contributed by atoms with van der Waals surface area (Å²) in [5.74, 6) is -0.370. The summed E-state index contributed by atoms with van der Waals surface area (Å²) in [4.78, 5) is 19.0. The smallest absolute Gasteiger partial charge is 0.341 e. The van der Waals surface area contributed by atoms with Gasteiger partial charge >= 0.3 is 6.03 Å². The first-order chi connectivity index (χ1) is 18.8. The van der Waals surface area contributed by atoms with Crippen LogP contribution in [0.25, 0.3) is 11.3 Å². The van der Waals surface area contributed by atoms with Gasteiger partial charge in [-0.2, -0.15) is 15.5 Å². The first-order valence-corrected chi connectivity index (χ1v) is 13.0. The Labute approximate surface area is 224 Å². The first-order valence-electron chi connectivity index (χ1n) is 13.0. The summed E-state index contributed by atoms with van der Waals surface area (Å²) >= 11 is 0. The number of hydrazone groups is 1. The van der Waals surface area contributed by atoms with Crippen LogP contribution in [0.15, 0.2) is 35.6 Å². The van der Waals surface area contributed by atoms with Gasteiger partial charge in [0.1, 0.15) is 11.9 Å². The monoisotopic (exact) mass is 531 g/mol. The largest absolute Gasteiger partial charge is 0.483 e. The Morgan fingerprint density at radius 3 is 2.72 bits per heavy atom. The minimum Gasteiger partial charge on any atom is -0.483 e. The van der Waals surface area contributed by atoms with Crippen molar-refractivity contribution in [1.82, 2.24) is 24.7 Å². The molecule has 1 saturated heterocycles. The van der Waals surface area contributed by atoms with Crippen LogP contribution in [-0.4, -0.2) is 56.1 Å². The van der Waals surface area contributed by atoms with E-state index in [9.17, 15) is 13.6 Å². The highest BCUT2D eigenvalue weighted by Gasteiger charge is 2.39. The van der Waals surface area contributed by atoms with Gasteiger partial charge < -0.3 is 9.64 Å². The Hall–Kier alpha value is -4.33. The molecule has 9 nitrogen and oxygen atoms in total. The minimum atomic E-state index is -0.576. The number of likely N-dealkylation sites (tertiary alicyclic amines) is 1. The van der Waals surface area contributed by atoms with Crippen LogP contribution in [0.4, 0.5) is 13.6 Å². The van der Waals surface area contributed by atoms with E-state index in [-0.39, 0.29) is 30.4 Å². The average molecular weight is 532 g/mol.